The van der Waals surface area contributed by atoms with Crippen LogP contribution in [0.1, 0.15) is 43.4 Å². The zero-order valence-corrected chi connectivity index (χ0v) is 16.9. The molecule has 2 rings (SSSR count). The van der Waals surface area contributed by atoms with Crippen molar-refractivity contribution in [2.45, 2.75) is 53.0 Å². The third-order valence-corrected chi connectivity index (χ3v) is 4.85. The summed E-state index contributed by atoms with van der Waals surface area (Å²) in [7, 11) is 1.81. The summed E-state index contributed by atoms with van der Waals surface area (Å²) in [5, 5.41) is 6.92. The van der Waals surface area contributed by atoms with Crippen molar-refractivity contribution in [3.63, 3.8) is 0 Å². The van der Waals surface area contributed by atoms with E-state index in [0.29, 0.717) is 6.04 Å². The van der Waals surface area contributed by atoms with Gasteiger partial charge in [-0.3, -0.25) is 9.79 Å². The molecule has 26 heavy (non-hydrogen) atoms. The highest BCUT2D eigenvalue weighted by Gasteiger charge is 2.24. The number of carbonyl (C=O) groups excluding carboxylic acids is 1. The maximum atomic E-state index is 12.1. The zero-order valence-electron chi connectivity index (χ0n) is 16.9. The molecule has 1 heterocycles. The summed E-state index contributed by atoms with van der Waals surface area (Å²) in [6.45, 7) is 10.7. The normalized spacial score (nSPS) is 16.1. The first kappa shape index (κ1) is 20.3. The van der Waals surface area contributed by atoms with Gasteiger partial charge in [-0.05, 0) is 38.7 Å². The number of likely N-dealkylation sites (tertiary alicyclic amines) is 1. The van der Waals surface area contributed by atoms with Crippen molar-refractivity contribution >= 4 is 11.9 Å². The number of aryl methyl sites for hydroxylation is 2. The van der Waals surface area contributed by atoms with Crippen LogP contribution < -0.4 is 10.6 Å². The van der Waals surface area contributed by atoms with Gasteiger partial charge in [-0.15, -0.1) is 0 Å². The second-order valence-corrected chi connectivity index (χ2v) is 7.64. The van der Waals surface area contributed by atoms with E-state index in [1.807, 2.05) is 25.8 Å². The van der Waals surface area contributed by atoms with E-state index < -0.39 is 0 Å². The summed E-state index contributed by atoms with van der Waals surface area (Å²) < 4.78 is 0. The van der Waals surface area contributed by atoms with Crippen LogP contribution in [0.25, 0.3) is 0 Å². The molecule has 2 N–H and O–H groups in total. The third kappa shape index (κ3) is 6.04. The Morgan fingerprint density at radius 1 is 1.19 bits per heavy atom. The van der Waals surface area contributed by atoms with Crippen LogP contribution in [0, 0.1) is 19.8 Å². The van der Waals surface area contributed by atoms with Crippen molar-refractivity contribution in [2.24, 2.45) is 10.9 Å². The van der Waals surface area contributed by atoms with Crippen molar-refractivity contribution in [3.05, 3.63) is 34.9 Å². The van der Waals surface area contributed by atoms with Crippen LogP contribution in [0.4, 0.5) is 0 Å². The summed E-state index contributed by atoms with van der Waals surface area (Å²) >= 11 is 0. The number of rotatable bonds is 5. The largest absolute Gasteiger partial charge is 0.356 e. The summed E-state index contributed by atoms with van der Waals surface area (Å²) in [5.74, 6) is 1.20. The molecule has 5 heteroatoms. The first-order valence-electron chi connectivity index (χ1n) is 9.72. The smallest absolute Gasteiger partial charge is 0.225 e. The Labute approximate surface area is 158 Å². The van der Waals surface area contributed by atoms with Crippen LogP contribution >= 0.6 is 0 Å². The number of carbonyl (C=O) groups is 1. The highest BCUT2D eigenvalue weighted by Crippen LogP contribution is 2.13. The number of amides is 1. The predicted molar refractivity (Wildman–Crippen MR) is 109 cm³/mol. The van der Waals surface area contributed by atoms with Crippen LogP contribution in [0.2, 0.25) is 0 Å². The maximum Gasteiger partial charge on any atom is 0.225 e. The summed E-state index contributed by atoms with van der Waals surface area (Å²) in [6, 6.07) is 7.06. The van der Waals surface area contributed by atoms with Gasteiger partial charge in [-0.1, -0.05) is 43.2 Å². The summed E-state index contributed by atoms with van der Waals surface area (Å²) in [5.41, 5.74) is 3.97. The monoisotopic (exact) mass is 358 g/mol. The lowest BCUT2D eigenvalue weighted by molar-refractivity contribution is -0.135. The Morgan fingerprint density at radius 3 is 2.35 bits per heavy atom. The van der Waals surface area contributed by atoms with Crippen molar-refractivity contribution < 1.29 is 4.79 Å². The lowest BCUT2D eigenvalue weighted by atomic mass is 10.0. The number of benzene rings is 1. The molecule has 1 aliphatic heterocycles. The van der Waals surface area contributed by atoms with E-state index in [4.69, 9.17) is 0 Å². The van der Waals surface area contributed by atoms with Gasteiger partial charge >= 0.3 is 0 Å². The first-order chi connectivity index (χ1) is 12.4. The van der Waals surface area contributed by atoms with Gasteiger partial charge in [-0.2, -0.15) is 0 Å². The maximum absolute atomic E-state index is 12.1. The molecular formula is C21H34N4O. The number of aliphatic imine (C=N–C) groups is 1. The van der Waals surface area contributed by atoms with Crippen molar-refractivity contribution in [1.29, 1.82) is 0 Å². The van der Waals surface area contributed by atoms with Crippen molar-refractivity contribution in [2.75, 3.05) is 26.7 Å². The molecule has 1 saturated heterocycles. The minimum Gasteiger partial charge on any atom is -0.356 e. The number of hydrogen-bond acceptors (Lipinski definition) is 2. The number of nitrogens with one attached hydrogen (secondary N) is 2. The molecule has 144 valence electrons. The predicted octanol–water partition coefficient (Wildman–Crippen LogP) is 2.66. The second-order valence-electron chi connectivity index (χ2n) is 7.64. The molecule has 0 unspecified atom stereocenters. The molecule has 1 aliphatic rings. The molecule has 0 atom stereocenters. The molecule has 0 aliphatic carbocycles. The Morgan fingerprint density at radius 2 is 1.81 bits per heavy atom. The third-order valence-electron chi connectivity index (χ3n) is 4.85. The van der Waals surface area contributed by atoms with Gasteiger partial charge in [0.25, 0.3) is 0 Å². The van der Waals surface area contributed by atoms with Crippen LogP contribution in [-0.2, 0) is 11.2 Å². The van der Waals surface area contributed by atoms with E-state index in [-0.39, 0.29) is 11.8 Å². The quantitative estimate of drug-likeness (QED) is 0.628. The molecule has 1 aromatic rings. The summed E-state index contributed by atoms with van der Waals surface area (Å²) in [4.78, 5) is 18.4. The molecule has 1 amide bonds. The number of guanidine groups is 1. The highest BCUT2D eigenvalue weighted by atomic mass is 16.2. The molecule has 1 aromatic carbocycles. The Bertz CT molecular complexity index is 611. The average molecular weight is 359 g/mol. The average Bonchev–Trinajstić information content (AvgIpc) is 2.60. The van der Waals surface area contributed by atoms with Gasteiger partial charge in [0, 0.05) is 38.6 Å². The van der Waals surface area contributed by atoms with E-state index in [9.17, 15) is 4.79 Å². The van der Waals surface area contributed by atoms with Crippen LogP contribution in [0.15, 0.2) is 23.2 Å². The molecule has 0 aromatic heterocycles. The molecular weight excluding hydrogens is 324 g/mol. The molecule has 0 bridgehead atoms. The van der Waals surface area contributed by atoms with E-state index in [2.05, 4.69) is 47.7 Å². The minimum atomic E-state index is 0.0826. The first-order valence-corrected chi connectivity index (χ1v) is 9.72. The lowest BCUT2D eigenvalue weighted by Crippen LogP contribution is -2.50. The van der Waals surface area contributed by atoms with Gasteiger partial charge < -0.3 is 15.5 Å². The fraction of sp³-hybridized carbons (Fsp3) is 0.619. The van der Waals surface area contributed by atoms with Crippen LogP contribution in [-0.4, -0.2) is 49.5 Å². The SMILES string of the molecule is CN=C(NCCc1cc(C)cc(C)c1)NC1CCN(C(=O)C(C)C)CC1. The van der Waals surface area contributed by atoms with Gasteiger partial charge in [0.1, 0.15) is 0 Å². The second kappa shape index (κ2) is 9.60. The fourth-order valence-corrected chi connectivity index (χ4v) is 3.54. The zero-order chi connectivity index (χ0) is 19.1. The van der Waals surface area contributed by atoms with Crippen LogP contribution in [0.5, 0.6) is 0 Å². The van der Waals surface area contributed by atoms with Crippen LogP contribution in [0.3, 0.4) is 0 Å². The Hall–Kier alpha value is -2.04. The number of piperidine rings is 1. The van der Waals surface area contributed by atoms with E-state index >= 15 is 0 Å². The van der Waals surface area contributed by atoms with E-state index in [1.54, 1.807) is 0 Å². The number of nitrogens with zero attached hydrogens (tertiary/aromatic N) is 2. The number of hydrogen-bond donors (Lipinski definition) is 2. The standard InChI is InChI=1S/C21H34N4O/c1-15(2)20(26)25-10-7-19(8-11-25)24-21(22-5)23-9-6-18-13-16(3)12-17(4)14-18/h12-15,19H,6-11H2,1-5H3,(H2,22,23,24). The molecule has 0 radical (unpaired) electrons. The lowest BCUT2D eigenvalue weighted by Gasteiger charge is -2.34. The topological polar surface area (TPSA) is 56.7 Å². The Kier molecular flexibility index (Phi) is 7.49. The Balaban J connectivity index is 1.75. The fourth-order valence-electron chi connectivity index (χ4n) is 3.54. The van der Waals surface area contributed by atoms with E-state index in [1.165, 1.54) is 16.7 Å². The van der Waals surface area contributed by atoms with Crippen molar-refractivity contribution in [3.8, 4) is 0 Å². The van der Waals surface area contributed by atoms with Gasteiger partial charge in [0.15, 0.2) is 5.96 Å². The van der Waals surface area contributed by atoms with Gasteiger partial charge in [0.05, 0.1) is 0 Å². The molecule has 1 fully saturated rings. The van der Waals surface area contributed by atoms with Crippen molar-refractivity contribution in [1.82, 2.24) is 15.5 Å². The highest BCUT2D eigenvalue weighted by molar-refractivity contribution is 5.80. The molecule has 5 nitrogen and oxygen atoms in total. The van der Waals surface area contributed by atoms with Gasteiger partial charge in [-0.25, -0.2) is 0 Å². The van der Waals surface area contributed by atoms with Gasteiger partial charge in [0.2, 0.25) is 5.91 Å². The van der Waals surface area contributed by atoms with E-state index in [0.717, 1.165) is 44.9 Å². The molecule has 0 saturated carbocycles. The summed E-state index contributed by atoms with van der Waals surface area (Å²) in [6.07, 6.45) is 2.91. The molecule has 0 spiro atoms. The minimum absolute atomic E-state index is 0.0826.